The molecule has 2 aromatic rings. The Hall–Kier alpha value is -3.10. The minimum absolute atomic E-state index is 0.0419. The lowest BCUT2D eigenvalue weighted by Gasteiger charge is -2.19. The highest BCUT2D eigenvalue weighted by atomic mass is 16.6. The first-order chi connectivity index (χ1) is 12.5. The topological polar surface area (TPSA) is 112 Å². The molecule has 0 spiro atoms. The molecule has 1 aromatic heterocycles. The molecule has 1 amide bonds. The summed E-state index contributed by atoms with van der Waals surface area (Å²) in [6, 6.07) is 2.81. The molecule has 9 nitrogen and oxygen atoms in total. The highest BCUT2D eigenvalue weighted by molar-refractivity contribution is 5.99. The van der Waals surface area contributed by atoms with Crippen molar-refractivity contribution in [1.82, 2.24) is 4.90 Å². The third kappa shape index (κ3) is 2.96. The van der Waals surface area contributed by atoms with E-state index in [1.54, 1.807) is 13.8 Å². The summed E-state index contributed by atoms with van der Waals surface area (Å²) in [5.41, 5.74) is 1.13. The van der Waals surface area contributed by atoms with Gasteiger partial charge in [-0.2, -0.15) is 0 Å². The summed E-state index contributed by atoms with van der Waals surface area (Å²) >= 11 is 0. The van der Waals surface area contributed by atoms with E-state index in [0.717, 1.165) is 0 Å². The number of amides is 1. The highest BCUT2D eigenvalue weighted by Gasteiger charge is 2.32. The SMILES string of the molecule is CCOC(=O)c1oc2ccc([N+](=O)[O-])c3c2c1CN(C(=O)OCC)CC3. The second-order valence-electron chi connectivity index (χ2n) is 5.69. The molecule has 26 heavy (non-hydrogen) atoms. The first kappa shape index (κ1) is 17.7. The van der Waals surface area contributed by atoms with Crippen molar-refractivity contribution in [3.63, 3.8) is 0 Å². The first-order valence-corrected chi connectivity index (χ1v) is 8.28. The fourth-order valence-electron chi connectivity index (χ4n) is 3.14. The van der Waals surface area contributed by atoms with Crippen LogP contribution in [-0.4, -0.2) is 41.6 Å². The number of nitro groups is 1. The van der Waals surface area contributed by atoms with Gasteiger partial charge in [0.2, 0.25) is 5.76 Å². The number of rotatable bonds is 4. The van der Waals surface area contributed by atoms with Crippen LogP contribution in [0.4, 0.5) is 10.5 Å². The third-order valence-electron chi connectivity index (χ3n) is 4.20. The quantitative estimate of drug-likeness (QED) is 0.467. The molecule has 0 radical (unpaired) electrons. The highest BCUT2D eigenvalue weighted by Crippen LogP contribution is 2.37. The van der Waals surface area contributed by atoms with Crippen LogP contribution < -0.4 is 0 Å². The molecule has 0 N–H and O–H groups in total. The van der Waals surface area contributed by atoms with E-state index in [1.807, 2.05) is 0 Å². The molecule has 0 saturated heterocycles. The van der Waals surface area contributed by atoms with E-state index in [9.17, 15) is 19.7 Å². The maximum absolute atomic E-state index is 12.3. The summed E-state index contributed by atoms with van der Waals surface area (Å²) in [6.45, 7) is 4.00. The summed E-state index contributed by atoms with van der Waals surface area (Å²) in [4.78, 5) is 36.8. The van der Waals surface area contributed by atoms with Crippen LogP contribution in [0, 0.1) is 10.1 Å². The first-order valence-electron chi connectivity index (χ1n) is 8.28. The zero-order valence-electron chi connectivity index (χ0n) is 14.4. The number of nitro benzene ring substituents is 1. The van der Waals surface area contributed by atoms with Crippen molar-refractivity contribution in [2.24, 2.45) is 0 Å². The van der Waals surface area contributed by atoms with E-state index in [-0.39, 0.29) is 44.2 Å². The van der Waals surface area contributed by atoms with Crippen molar-refractivity contribution >= 4 is 28.7 Å². The number of benzene rings is 1. The standard InChI is InChI=1S/C17H18N2O7/c1-3-24-16(20)15-11-9-18(17(21)25-4-2)8-7-10-12(19(22)23)5-6-13(26-15)14(10)11/h5-6H,3-4,7-9H2,1-2H3. The zero-order valence-corrected chi connectivity index (χ0v) is 14.4. The molecule has 0 saturated carbocycles. The Bertz CT molecular complexity index is 887. The van der Waals surface area contributed by atoms with Crippen LogP contribution in [0.1, 0.15) is 35.5 Å². The molecule has 0 fully saturated rings. The van der Waals surface area contributed by atoms with Gasteiger partial charge < -0.3 is 18.8 Å². The molecule has 1 aromatic carbocycles. The summed E-state index contributed by atoms with van der Waals surface area (Å²) in [7, 11) is 0. The van der Waals surface area contributed by atoms with Gasteiger partial charge in [-0.15, -0.1) is 0 Å². The monoisotopic (exact) mass is 362 g/mol. The van der Waals surface area contributed by atoms with Crippen LogP contribution in [0.25, 0.3) is 11.0 Å². The number of nitrogens with zero attached hydrogens (tertiary/aromatic N) is 2. The van der Waals surface area contributed by atoms with Crippen molar-refractivity contribution < 1.29 is 28.4 Å². The Kier molecular flexibility index (Phi) is 4.79. The second kappa shape index (κ2) is 7.03. The van der Waals surface area contributed by atoms with Crippen LogP contribution in [-0.2, 0) is 22.4 Å². The molecule has 1 aliphatic heterocycles. The minimum atomic E-state index is -0.669. The largest absolute Gasteiger partial charge is 0.460 e. The summed E-state index contributed by atoms with van der Waals surface area (Å²) < 4.78 is 15.7. The van der Waals surface area contributed by atoms with Gasteiger partial charge >= 0.3 is 12.1 Å². The van der Waals surface area contributed by atoms with E-state index in [0.29, 0.717) is 22.1 Å². The van der Waals surface area contributed by atoms with Gasteiger partial charge in [-0.25, -0.2) is 9.59 Å². The number of hydrogen-bond donors (Lipinski definition) is 0. The minimum Gasteiger partial charge on any atom is -0.460 e. The molecule has 2 heterocycles. The van der Waals surface area contributed by atoms with Crippen LogP contribution in [0.15, 0.2) is 16.5 Å². The van der Waals surface area contributed by atoms with Gasteiger partial charge in [0.25, 0.3) is 5.69 Å². The van der Waals surface area contributed by atoms with Crippen molar-refractivity contribution in [1.29, 1.82) is 0 Å². The normalized spacial score (nSPS) is 13.4. The average molecular weight is 362 g/mol. The van der Waals surface area contributed by atoms with E-state index in [2.05, 4.69) is 0 Å². The predicted octanol–water partition coefficient (Wildman–Crippen LogP) is 3.03. The lowest BCUT2D eigenvalue weighted by Crippen LogP contribution is -2.32. The second-order valence-corrected chi connectivity index (χ2v) is 5.69. The summed E-state index contributed by atoms with van der Waals surface area (Å²) in [6.07, 6.45) is -0.298. The Morgan fingerprint density at radius 1 is 1.23 bits per heavy atom. The molecule has 1 aliphatic rings. The molecule has 0 aliphatic carbocycles. The van der Waals surface area contributed by atoms with Gasteiger partial charge in [0.05, 0.1) is 24.7 Å². The molecule has 9 heteroatoms. The van der Waals surface area contributed by atoms with Crippen LogP contribution in [0.2, 0.25) is 0 Å². The van der Waals surface area contributed by atoms with E-state index < -0.39 is 17.0 Å². The summed E-state index contributed by atoms with van der Waals surface area (Å²) in [5.74, 6) is -0.710. The van der Waals surface area contributed by atoms with Gasteiger partial charge in [-0.1, -0.05) is 0 Å². The molecular weight excluding hydrogens is 344 g/mol. The lowest BCUT2D eigenvalue weighted by molar-refractivity contribution is -0.385. The van der Waals surface area contributed by atoms with E-state index in [1.165, 1.54) is 17.0 Å². The van der Waals surface area contributed by atoms with Crippen molar-refractivity contribution in [3.8, 4) is 0 Å². The molecule has 0 atom stereocenters. The number of carbonyl (C=O) groups is 2. The fourth-order valence-corrected chi connectivity index (χ4v) is 3.14. The van der Waals surface area contributed by atoms with Crippen molar-refractivity contribution in [3.05, 3.63) is 39.1 Å². The molecule has 0 bridgehead atoms. The zero-order chi connectivity index (χ0) is 18.8. The van der Waals surface area contributed by atoms with Gasteiger partial charge in [0.1, 0.15) is 5.58 Å². The van der Waals surface area contributed by atoms with E-state index >= 15 is 0 Å². The maximum atomic E-state index is 12.3. The Labute approximate surface area is 148 Å². The van der Waals surface area contributed by atoms with Crippen LogP contribution >= 0.6 is 0 Å². The van der Waals surface area contributed by atoms with Crippen molar-refractivity contribution in [2.45, 2.75) is 26.8 Å². The van der Waals surface area contributed by atoms with E-state index in [4.69, 9.17) is 13.9 Å². The van der Waals surface area contributed by atoms with Gasteiger partial charge in [-0.05, 0) is 26.3 Å². The van der Waals surface area contributed by atoms with Gasteiger partial charge in [0.15, 0.2) is 0 Å². The van der Waals surface area contributed by atoms with Crippen LogP contribution in [0.3, 0.4) is 0 Å². The Balaban J connectivity index is 2.18. The number of ether oxygens (including phenoxy) is 2. The number of furan rings is 1. The number of hydrogen-bond acceptors (Lipinski definition) is 7. The smallest absolute Gasteiger partial charge is 0.410 e. The Morgan fingerprint density at radius 3 is 2.62 bits per heavy atom. The van der Waals surface area contributed by atoms with Gasteiger partial charge in [-0.3, -0.25) is 10.1 Å². The molecule has 138 valence electrons. The summed E-state index contributed by atoms with van der Waals surface area (Å²) in [5, 5.41) is 11.9. The van der Waals surface area contributed by atoms with Crippen molar-refractivity contribution in [2.75, 3.05) is 19.8 Å². The molecule has 3 rings (SSSR count). The fraction of sp³-hybridized carbons (Fsp3) is 0.412. The molecule has 0 unspecified atom stereocenters. The average Bonchev–Trinajstić information content (AvgIpc) is 2.84. The lowest BCUT2D eigenvalue weighted by atomic mass is 10.0. The number of carbonyl (C=O) groups excluding carboxylic acids is 2. The number of esters is 1. The predicted molar refractivity (Wildman–Crippen MR) is 90.0 cm³/mol. The van der Waals surface area contributed by atoms with Crippen LogP contribution in [0.5, 0.6) is 0 Å². The molecular formula is C17H18N2O7. The maximum Gasteiger partial charge on any atom is 0.410 e. The third-order valence-corrected chi connectivity index (χ3v) is 4.20. The van der Waals surface area contributed by atoms with Gasteiger partial charge in [0, 0.05) is 29.1 Å². The Morgan fingerprint density at radius 2 is 1.96 bits per heavy atom.